The number of rotatable bonds is 2. The fraction of sp³-hybridized carbons (Fsp3) is 0.727. The minimum atomic E-state index is -0.396. The number of nitrogens with two attached hydrogens (primary N) is 1. The maximum absolute atomic E-state index is 11.7. The van der Waals surface area contributed by atoms with Gasteiger partial charge in [-0.3, -0.25) is 4.79 Å². The largest absolute Gasteiger partial charge is 0.339 e. The zero-order chi connectivity index (χ0) is 10.8. The molecule has 0 aromatic heterocycles. The van der Waals surface area contributed by atoms with Crippen LogP contribution in [0.3, 0.4) is 0 Å². The molecule has 0 fully saturated rings. The van der Waals surface area contributed by atoms with Gasteiger partial charge in [0.25, 0.3) is 0 Å². The lowest BCUT2D eigenvalue weighted by atomic mass is 10.0. The Morgan fingerprint density at radius 1 is 1.64 bits per heavy atom. The summed E-state index contributed by atoms with van der Waals surface area (Å²) in [6, 6.07) is 0. The van der Waals surface area contributed by atoms with E-state index in [1.807, 2.05) is 18.7 Å². The Kier molecular flexibility index (Phi) is 3.32. The standard InChI is InChI=1S/C11H20N2O/c1-9-4-6-13(7-5-9)10(14)8-11(2,3)12/h4H,5-8,12H2,1-3H3. The van der Waals surface area contributed by atoms with Crippen molar-refractivity contribution >= 4 is 5.91 Å². The molecule has 0 saturated carbocycles. The number of hydrogen-bond acceptors (Lipinski definition) is 2. The first-order valence-electron chi connectivity index (χ1n) is 5.11. The number of amides is 1. The zero-order valence-corrected chi connectivity index (χ0v) is 9.34. The van der Waals surface area contributed by atoms with Crippen LogP contribution in [0.25, 0.3) is 0 Å². The number of carbonyl (C=O) groups is 1. The Bertz CT molecular complexity index is 251. The van der Waals surface area contributed by atoms with Gasteiger partial charge in [-0.2, -0.15) is 0 Å². The van der Waals surface area contributed by atoms with Crippen LogP contribution < -0.4 is 5.73 Å². The van der Waals surface area contributed by atoms with Gasteiger partial charge in [0.1, 0.15) is 0 Å². The minimum absolute atomic E-state index is 0.168. The molecule has 80 valence electrons. The Balaban J connectivity index is 2.47. The van der Waals surface area contributed by atoms with Gasteiger partial charge >= 0.3 is 0 Å². The maximum atomic E-state index is 11.7. The monoisotopic (exact) mass is 196 g/mol. The van der Waals surface area contributed by atoms with Crippen LogP contribution >= 0.6 is 0 Å². The molecule has 0 aromatic rings. The smallest absolute Gasteiger partial charge is 0.224 e. The topological polar surface area (TPSA) is 46.3 Å². The van der Waals surface area contributed by atoms with E-state index in [1.54, 1.807) is 0 Å². The van der Waals surface area contributed by atoms with Crippen molar-refractivity contribution in [3.05, 3.63) is 11.6 Å². The van der Waals surface area contributed by atoms with Crippen molar-refractivity contribution in [3.63, 3.8) is 0 Å². The minimum Gasteiger partial charge on any atom is -0.339 e. The van der Waals surface area contributed by atoms with Crippen molar-refractivity contribution in [1.82, 2.24) is 4.90 Å². The second kappa shape index (κ2) is 4.13. The summed E-state index contributed by atoms with van der Waals surface area (Å²) in [5.74, 6) is 0.168. The van der Waals surface area contributed by atoms with Gasteiger partial charge in [-0.25, -0.2) is 0 Å². The van der Waals surface area contributed by atoms with Crippen LogP contribution in [0.5, 0.6) is 0 Å². The third-order valence-corrected chi connectivity index (χ3v) is 2.40. The van der Waals surface area contributed by atoms with Gasteiger partial charge in [0.05, 0.1) is 0 Å². The highest BCUT2D eigenvalue weighted by molar-refractivity contribution is 5.77. The first-order valence-corrected chi connectivity index (χ1v) is 5.11. The van der Waals surface area contributed by atoms with E-state index in [2.05, 4.69) is 13.0 Å². The third-order valence-electron chi connectivity index (χ3n) is 2.40. The van der Waals surface area contributed by atoms with E-state index < -0.39 is 5.54 Å². The molecule has 1 aliphatic heterocycles. The lowest BCUT2D eigenvalue weighted by Crippen LogP contribution is -2.42. The van der Waals surface area contributed by atoms with Gasteiger partial charge in [0, 0.05) is 25.0 Å². The molecular weight excluding hydrogens is 176 g/mol. The van der Waals surface area contributed by atoms with Crippen LogP contribution in [0.1, 0.15) is 33.6 Å². The van der Waals surface area contributed by atoms with Gasteiger partial charge in [-0.15, -0.1) is 0 Å². The Labute approximate surface area is 86.0 Å². The van der Waals surface area contributed by atoms with E-state index >= 15 is 0 Å². The summed E-state index contributed by atoms with van der Waals surface area (Å²) >= 11 is 0. The third kappa shape index (κ3) is 3.50. The van der Waals surface area contributed by atoms with Crippen LogP contribution in [0.2, 0.25) is 0 Å². The molecule has 3 heteroatoms. The highest BCUT2D eigenvalue weighted by Crippen LogP contribution is 2.13. The van der Waals surface area contributed by atoms with Gasteiger partial charge in [-0.1, -0.05) is 11.6 Å². The van der Waals surface area contributed by atoms with E-state index in [1.165, 1.54) is 5.57 Å². The molecule has 1 heterocycles. The summed E-state index contributed by atoms with van der Waals surface area (Å²) < 4.78 is 0. The Hall–Kier alpha value is -0.830. The molecule has 0 atom stereocenters. The van der Waals surface area contributed by atoms with Gasteiger partial charge < -0.3 is 10.6 Å². The molecule has 0 spiro atoms. The lowest BCUT2D eigenvalue weighted by molar-refractivity contribution is -0.131. The van der Waals surface area contributed by atoms with Crippen molar-refractivity contribution in [2.45, 2.75) is 39.2 Å². The molecule has 0 radical (unpaired) electrons. The highest BCUT2D eigenvalue weighted by Gasteiger charge is 2.22. The van der Waals surface area contributed by atoms with E-state index in [4.69, 9.17) is 5.73 Å². The van der Waals surface area contributed by atoms with Crippen molar-refractivity contribution in [1.29, 1.82) is 0 Å². The normalized spacial score (nSPS) is 18.0. The second-order valence-electron chi connectivity index (χ2n) is 4.81. The van der Waals surface area contributed by atoms with Crippen LogP contribution in [-0.2, 0) is 4.79 Å². The van der Waals surface area contributed by atoms with Crippen LogP contribution in [0.15, 0.2) is 11.6 Å². The molecule has 14 heavy (non-hydrogen) atoms. The van der Waals surface area contributed by atoms with E-state index in [0.29, 0.717) is 6.42 Å². The summed E-state index contributed by atoms with van der Waals surface area (Å²) in [5, 5.41) is 0. The van der Waals surface area contributed by atoms with E-state index in [-0.39, 0.29) is 5.91 Å². The molecule has 1 rings (SSSR count). The molecule has 2 N–H and O–H groups in total. The predicted molar refractivity (Wildman–Crippen MR) is 57.8 cm³/mol. The van der Waals surface area contributed by atoms with Gasteiger partial charge in [0.15, 0.2) is 0 Å². The van der Waals surface area contributed by atoms with Gasteiger partial charge in [-0.05, 0) is 27.2 Å². The number of nitrogens with zero attached hydrogens (tertiary/aromatic N) is 1. The molecule has 0 aromatic carbocycles. The first-order chi connectivity index (χ1) is 6.38. The van der Waals surface area contributed by atoms with Crippen molar-refractivity contribution in [2.75, 3.05) is 13.1 Å². The zero-order valence-electron chi connectivity index (χ0n) is 9.34. The summed E-state index contributed by atoms with van der Waals surface area (Å²) in [4.78, 5) is 13.6. The molecule has 1 amide bonds. The molecule has 0 bridgehead atoms. The number of carbonyl (C=O) groups excluding carboxylic acids is 1. The highest BCUT2D eigenvalue weighted by atomic mass is 16.2. The van der Waals surface area contributed by atoms with Crippen LogP contribution in [0.4, 0.5) is 0 Å². The average molecular weight is 196 g/mol. The van der Waals surface area contributed by atoms with E-state index in [9.17, 15) is 4.79 Å². The molecule has 1 aliphatic rings. The second-order valence-corrected chi connectivity index (χ2v) is 4.81. The molecule has 0 aliphatic carbocycles. The fourth-order valence-corrected chi connectivity index (χ4v) is 1.50. The Morgan fingerprint density at radius 2 is 2.29 bits per heavy atom. The van der Waals surface area contributed by atoms with Crippen molar-refractivity contribution in [3.8, 4) is 0 Å². The van der Waals surface area contributed by atoms with E-state index in [0.717, 1.165) is 19.5 Å². The average Bonchev–Trinajstić information content (AvgIpc) is 2.02. The maximum Gasteiger partial charge on any atom is 0.224 e. The molecule has 0 saturated heterocycles. The summed E-state index contributed by atoms with van der Waals surface area (Å²) in [5.41, 5.74) is 6.79. The summed E-state index contributed by atoms with van der Waals surface area (Å²) in [6.45, 7) is 7.47. The van der Waals surface area contributed by atoms with Crippen molar-refractivity contribution in [2.24, 2.45) is 5.73 Å². The molecule has 0 unspecified atom stereocenters. The quantitative estimate of drug-likeness (QED) is 0.676. The van der Waals surface area contributed by atoms with Gasteiger partial charge in [0.2, 0.25) is 5.91 Å². The van der Waals surface area contributed by atoms with Crippen molar-refractivity contribution < 1.29 is 4.79 Å². The van der Waals surface area contributed by atoms with Crippen LogP contribution in [0, 0.1) is 0 Å². The molecule has 3 nitrogen and oxygen atoms in total. The first kappa shape index (κ1) is 11.2. The Morgan fingerprint density at radius 3 is 2.71 bits per heavy atom. The predicted octanol–water partition coefficient (Wildman–Crippen LogP) is 1.29. The van der Waals surface area contributed by atoms with Crippen LogP contribution in [-0.4, -0.2) is 29.4 Å². The fourth-order valence-electron chi connectivity index (χ4n) is 1.50. The number of hydrogen-bond donors (Lipinski definition) is 1. The SMILES string of the molecule is CC1=CCN(C(=O)CC(C)(C)N)CC1. The summed E-state index contributed by atoms with van der Waals surface area (Å²) in [7, 11) is 0. The lowest BCUT2D eigenvalue weighted by Gasteiger charge is -2.28. The summed E-state index contributed by atoms with van der Waals surface area (Å²) in [6.07, 6.45) is 3.54. The molecular formula is C11H20N2O.